The number of benzene rings is 1. The number of aliphatic hydroxyl groups is 1. The molecule has 0 bridgehead atoms. The fraction of sp³-hybridized carbons (Fsp3) is 0.125. The molecule has 0 aliphatic heterocycles. The van der Waals surface area contributed by atoms with E-state index in [1.165, 1.54) is 10.9 Å². The summed E-state index contributed by atoms with van der Waals surface area (Å²) in [5.41, 5.74) is 0.917. The fourth-order valence-electron chi connectivity index (χ4n) is 2.08. The molecule has 0 aliphatic carbocycles. The minimum Gasteiger partial charge on any atom is -0.467 e. The predicted molar refractivity (Wildman–Crippen MR) is 84.6 cm³/mol. The van der Waals surface area contributed by atoms with Crippen molar-refractivity contribution in [1.29, 1.82) is 0 Å². The van der Waals surface area contributed by atoms with Gasteiger partial charge in [0, 0.05) is 6.20 Å². The second-order valence-corrected chi connectivity index (χ2v) is 5.25. The van der Waals surface area contributed by atoms with E-state index in [0.29, 0.717) is 16.5 Å². The number of aromatic nitrogens is 2. The van der Waals surface area contributed by atoms with E-state index < -0.39 is 6.10 Å². The molecule has 3 rings (SSSR count). The van der Waals surface area contributed by atoms with Crippen molar-refractivity contribution >= 4 is 17.5 Å². The zero-order chi connectivity index (χ0) is 16.2. The molecule has 2 heterocycles. The molecule has 2 N–H and O–H groups in total. The van der Waals surface area contributed by atoms with E-state index in [1.807, 2.05) is 12.1 Å². The molecule has 1 atom stereocenters. The highest BCUT2D eigenvalue weighted by molar-refractivity contribution is 6.32. The van der Waals surface area contributed by atoms with E-state index >= 15 is 0 Å². The van der Waals surface area contributed by atoms with Gasteiger partial charge in [0.15, 0.2) is 5.69 Å². The van der Waals surface area contributed by atoms with Gasteiger partial charge in [-0.1, -0.05) is 23.7 Å². The summed E-state index contributed by atoms with van der Waals surface area (Å²) in [6.07, 6.45) is 2.21. The highest BCUT2D eigenvalue weighted by atomic mass is 35.5. The molecule has 1 aromatic carbocycles. The maximum atomic E-state index is 12.1. The predicted octanol–water partition coefficient (Wildman–Crippen LogP) is 2.58. The fourth-order valence-corrected chi connectivity index (χ4v) is 2.30. The van der Waals surface area contributed by atoms with Crippen LogP contribution in [0.2, 0.25) is 5.02 Å². The number of nitrogens with one attached hydrogen (secondary N) is 1. The summed E-state index contributed by atoms with van der Waals surface area (Å²) in [5, 5.41) is 17.2. The number of aliphatic hydroxyl groups excluding tert-OH is 1. The second-order valence-electron chi connectivity index (χ2n) is 4.84. The molecule has 0 saturated carbocycles. The lowest BCUT2D eigenvalue weighted by Gasteiger charge is -2.08. The average molecular weight is 332 g/mol. The van der Waals surface area contributed by atoms with Gasteiger partial charge in [0.25, 0.3) is 5.91 Å². The largest absolute Gasteiger partial charge is 0.467 e. The maximum Gasteiger partial charge on any atom is 0.271 e. The SMILES string of the molecule is O=C(NCC(O)c1ccco1)c1ccn(-c2ccccc2Cl)n1. The van der Waals surface area contributed by atoms with Crippen molar-refractivity contribution in [3.05, 3.63) is 71.4 Å². The Kier molecular flexibility index (Phi) is 4.45. The number of para-hydroxylation sites is 1. The average Bonchev–Trinajstić information content (AvgIpc) is 3.24. The first-order valence-corrected chi connectivity index (χ1v) is 7.33. The molecule has 23 heavy (non-hydrogen) atoms. The lowest BCUT2D eigenvalue weighted by atomic mass is 10.2. The molecule has 3 aromatic rings. The van der Waals surface area contributed by atoms with Crippen LogP contribution in [0.15, 0.2) is 59.3 Å². The summed E-state index contributed by atoms with van der Waals surface area (Å²) in [5.74, 6) is 0.00769. The molecule has 0 aliphatic rings. The number of rotatable bonds is 5. The second kappa shape index (κ2) is 6.68. The molecule has 2 aromatic heterocycles. The van der Waals surface area contributed by atoms with Crippen LogP contribution in [0.5, 0.6) is 0 Å². The van der Waals surface area contributed by atoms with Crippen molar-refractivity contribution in [2.75, 3.05) is 6.54 Å². The zero-order valence-corrected chi connectivity index (χ0v) is 12.8. The molecular weight excluding hydrogens is 318 g/mol. The van der Waals surface area contributed by atoms with Crippen LogP contribution in [0.4, 0.5) is 0 Å². The highest BCUT2D eigenvalue weighted by Crippen LogP contribution is 2.19. The lowest BCUT2D eigenvalue weighted by Crippen LogP contribution is -2.28. The van der Waals surface area contributed by atoms with Gasteiger partial charge < -0.3 is 14.8 Å². The molecule has 118 valence electrons. The number of halogens is 1. The number of amides is 1. The van der Waals surface area contributed by atoms with Gasteiger partial charge in [0.2, 0.25) is 0 Å². The van der Waals surface area contributed by atoms with Gasteiger partial charge >= 0.3 is 0 Å². The van der Waals surface area contributed by atoms with Gasteiger partial charge in [-0.15, -0.1) is 0 Å². The Morgan fingerprint density at radius 3 is 2.87 bits per heavy atom. The summed E-state index contributed by atoms with van der Waals surface area (Å²) in [7, 11) is 0. The Bertz CT molecular complexity index is 799. The maximum absolute atomic E-state index is 12.1. The number of hydrogen-bond donors (Lipinski definition) is 2. The van der Waals surface area contributed by atoms with Crippen molar-refractivity contribution in [3.63, 3.8) is 0 Å². The zero-order valence-electron chi connectivity index (χ0n) is 12.0. The van der Waals surface area contributed by atoms with E-state index in [1.54, 1.807) is 36.5 Å². The third-order valence-electron chi connectivity index (χ3n) is 3.25. The summed E-state index contributed by atoms with van der Waals surface area (Å²) in [6, 6.07) is 12.1. The first-order valence-electron chi connectivity index (χ1n) is 6.95. The van der Waals surface area contributed by atoms with Crippen LogP contribution in [0.3, 0.4) is 0 Å². The van der Waals surface area contributed by atoms with E-state index in [4.69, 9.17) is 16.0 Å². The van der Waals surface area contributed by atoms with E-state index in [2.05, 4.69) is 10.4 Å². The van der Waals surface area contributed by atoms with Gasteiger partial charge in [-0.25, -0.2) is 4.68 Å². The smallest absolute Gasteiger partial charge is 0.271 e. The molecular formula is C16H14ClN3O3. The third kappa shape index (κ3) is 3.44. The van der Waals surface area contributed by atoms with Crippen molar-refractivity contribution in [2.45, 2.75) is 6.10 Å². The number of hydrogen-bond acceptors (Lipinski definition) is 4. The van der Waals surface area contributed by atoms with Crippen LogP contribution in [-0.4, -0.2) is 27.3 Å². The van der Waals surface area contributed by atoms with Crippen LogP contribution in [0.1, 0.15) is 22.4 Å². The Balaban J connectivity index is 1.66. The monoisotopic (exact) mass is 331 g/mol. The van der Waals surface area contributed by atoms with Crippen molar-refractivity contribution in [2.24, 2.45) is 0 Å². The topological polar surface area (TPSA) is 80.3 Å². The summed E-state index contributed by atoms with van der Waals surface area (Å²) in [6.45, 7) is 0.0330. The summed E-state index contributed by atoms with van der Waals surface area (Å²) < 4.78 is 6.60. The Hall–Kier alpha value is -2.57. The summed E-state index contributed by atoms with van der Waals surface area (Å²) >= 11 is 6.10. The molecule has 7 heteroatoms. The molecule has 1 amide bonds. The first kappa shape index (κ1) is 15.3. The minimum atomic E-state index is -0.903. The molecule has 0 radical (unpaired) electrons. The Morgan fingerprint density at radius 1 is 1.30 bits per heavy atom. The van der Waals surface area contributed by atoms with Crippen molar-refractivity contribution < 1.29 is 14.3 Å². The molecule has 0 spiro atoms. The number of furan rings is 1. The summed E-state index contributed by atoms with van der Waals surface area (Å²) in [4.78, 5) is 12.1. The van der Waals surface area contributed by atoms with Crippen LogP contribution in [-0.2, 0) is 0 Å². The molecule has 0 saturated heterocycles. The quantitative estimate of drug-likeness (QED) is 0.753. The van der Waals surface area contributed by atoms with E-state index in [9.17, 15) is 9.90 Å². The molecule has 1 unspecified atom stereocenters. The van der Waals surface area contributed by atoms with Crippen LogP contribution in [0, 0.1) is 0 Å². The van der Waals surface area contributed by atoms with Crippen molar-refractivity contribution in [3.8, 4) is 5.69 Å². The third-order valence-corrected chi connectivity index (χ3v) is 3.57. The van der Waals surface area contributed by atoms with Gasteiger partial charge in [-0.05, 0) is 30.3 Å². The standard InChI is InChI=1S/C16H14ClN3O3/c17-11-4-1-2-5-13(11)20-8-7-12(19-20)16(22)18-10-14(21)15-6-3-9-23-15/h1-9,14,21H,10H2,(H,18,22). The first-order chi connectivity index (χ1) is 11.1. The highest BCUT2D eigenvalue weighted by Gasteiger charge is 2.15. The van der Waals surface area contributed by atoms with Gasteiger partial charge in [-0.3, -0.25) is 4.79 Å². The van der Waals surface area contributed by atoms with Crippen molar-refractivity contribution in [1.82, 2.24) is 15.1 Å². The molecule has 0 fully saturated rings. The van der Waals surface area contributed by atoms with Gasteiger partial charge in [0.05, 0.1) is 23.5 Å². The minimum absolute atomic E-state index is 0.0330. The van der Waals surface area contributed by atoms with Gasteiger partial charge in [0.1, 0.15) is 11.9 Å². The Labute approximate surface area is 137 Å². The van der Waals surface area contributed by atoms with Crippen LogP contribution in [0.25, 0.3) is 5.69 Å². The van der Waals surface area contributed by atoms with Gasteiger partial charge in [-0.2, -0.15) is 5.10 Å². The number of nitrogens with zero attached hydrogens (tertiary/aromatic N) is 2. The van der Waals surface area contributed by atoms with E-state index in [0.717, 1.165) is 0 Å². The molecule has 6 nitrogen and oxygen atoms in total. The number of carbonyl (C=O) groups excluding carboxylic acids is 1. The normalized spacial score (nSPS) is 12.1. The van der Waals surface area contributed by atoms with Crippen LogP contribution < -0.4 is 5.32 Å². The lowest BCUT2D eigenvalue weighted by molar-refractivity contribution is 0.0896. The number of carbonyl (C=O) groups is 1. The van der Waals surface area contributed by atoms with E-state index in [-0.39, 0.29) is 18.1 Å². The van der Waals surface area contributed by atoms with Crippen LogP contribution >= 0.6 is 11.6 Å². The Morgan fingerprint density at radius 2 is 2.13 bits per heavy atom.